The zero-order valence-electron chi connectivity index (χ0n) is 76.7. The van der Waals surface area contributed by atoms with E-state index in [0.717, 1.165) is 158 Å². The first-order valence-corrected chi connectivity index (χ1v) is 55.6. The average Bonchev–Trinajstić information content (AvgIpc) is 1.56. The van der Waals surface area contributed by atoms with Crippen LogP contribution in [0.1, 0.15) is 43.2 Å². The SMILES string of the molecule is CN1CCN=C1c1ccc2c(=O)n(-c3ccc(NC(=O)NS(=O)(=O)c4ccc(Cl)s4)cc3)cnc2c1.O=C(Nc1ccc(-n2cnc3cc(NCCN4CCCC4)ccc3c2=O)cc1)NS(=O)(=O)c1ccc(Cl)s1.O=C(Nc1ccc(-n2cnc3cc(NCCN4CCCCC4)ccc3c2=O)cc1)NS(=O)(=O)c1ccc(Cl)s1.O=C(Nc1ccc(-n2cnc3cc4c(cc3c2=O)CCN4)cc1)NS(=O)(=O)c1ccc(Cl)s1. The second-order valence-electron chi connectivity index (χ2n) is 33.2. The Bertz CT molecular complexity index is 8480. The second kappa shape index (κ2) is 45.3. The van der Waals surface area contributed by atoms with Crippen molar-refractivity contribution in [1.29, 1.82) is 0 Å². The van der Waals surface area contributed by atoms with Crippen LogP contribution in [0, 0.1) is 0 Å². The number of hydrogen-bond donors (Lipinski definition) is 11. The number of piperidine rings is 1. The molecule has 20 rings (SSSR count). The van der Waals surface area contributed by atoms with Crippen molar-refractivity contribution in [3.8, 4) is 22.7 Å². The topological polar surface area (TPSA) is 499 Å². The highest BCUT2D eigenvalue weighted by molar-refractivity contribution is 7.93. The fourth-order valence-electron chi connectivity index (χ4n) is 16.0. The molecule has 0 saturated carbocycles. The lowest BCUT2D eigenvalue weighted by Crippen LogP contribution is -2.33. The number of urea groups is 4. The van der Waals surface area contributed by atoms with Gasteiger partial charge in [0.1, 0.15) is 48.0 Å². The van der Waals surface area contributed by atoms with E-state index in [4.69, 9.17) is 46.4 Å². The Morgan fingerprint density at radius 1 is 0.356 bits per heavy atom. The lowest BCUT2D eigenvalue weighted by Gasteiger charge is -2.26. The molecule has 51 heteroatoms. The van der Waals surface area contributed by atoms with Crippen molar-refractivity contribution in [3.63, 3.8) is 0 Å². The summed E-state index contributed by atoms with van der Waals surface area (Å²) >= 11 is 26.5. The number of rotatable bonds is 25. The number of likely N-dealkylation sites (N-methyl/N-ethyl adjacent to an activating group) is 1. The standard InChI is InChI=1S/C26H27ClN6O4S2.C25H25ClN6O4S2.C23H19ClN6O4S2.C21H16ClN5O4S2/c27-23-10-11-24(38-23)39(36,37)31-26(35)30-18-4-7-20(8-5-18)33-17-29-22-16-19(6-9-21(22)25(33)34)28-12-15-32-13-2-1-3-14-32;26-22-9-10-23(37-22)38(35,36)30-25(34)29-17-3-6-19(7-4-17)32-16-28-21-15-18(5-8-20(21)24(32)33)27-11-14-31-12-1-2-13-31;1-29-11-10-25-21(29)14-2-7-17-18(12-14)26-13-30(22(17)31)16-5-3-15(4-6-16)27-23(32)28-36(33,34)20-9-8-19(24)35-20;22-18-5-6-19(32-18)33(30,31)26-21(29)25-13-1-3-14(4-2-13)27-11-24-17-10-16-12(7-8-23-16)9-15(17)20(27)28/h4-11,16-17,28H,1-3,12-15H2,(H2,30,31,35);3-10,15-16,27H,1-2,11-14H2,(H2,29,30,34);2-9,12-13H,10-11H2,1H3,(H2,27,28,32);1-6,9-11,23H,7-8H2,(H2,25,26,29). The minimum absolute atomic E-state index is 0.0670. The monoisotopic (exact) mass is 2200 g/mol. The number of amidine groups is 1. The largest absolute Gasteiger partial charge is 0.384 e. The summed E-state index contributed by atoms with van der Waals surface area (Å²) < 4.78 is 112. The summed E-state index contributed by atoms with van der Waals surface area (Å²) in [5.41, 5.74) is 9.88. The minimum atomic E-state index is -4.04. The second-order valence-corrected chi connectivity index (χ2v) is 47.7. The fraction of sp³-hybridized carbons (Fsp3) is 0.189. The van der Waals surface area contributed by atoms with Crippen molar-refractivity contribution in [2.45, 2.75) is 55.4 Å². The number of nitrogens with one attached hydrogen (secondary N) is 11. The average molecular weight is 2210 g/mol. The van der Waals surface area contributed by atoms with Gasteiger partial charge >= 0.3 is 24.1 Å². The van der Waals surface area contributed by atoms with Gasteiger partial charge in [-0.25, -0.2) is 91.7 Å². The molecule has 16 aromatic rings. The third-order valence-electron chi connectivity index (χ3n) is 23.2. The number of sulfonamides is 4. The van der Waals surface area contributed by atoms with Crippen LogP contribution in [0.4, 0.5) is 59.0 Å². The molecule has 4 aliphatic rings. The van der Waals surface area contributed by atoms with E-state index < -0.39 is 64.2 Å². The lowest BCUT2D eigenvalue weighted by molar-refractivity contribution is 0.237. The number of amides is 8. The van der Waals surface area contributed by atoms with Gasteiger partial charge < -0.3 is 51.9 Å². The maximum absolute atomic E-state index is 13.2. The van der Waals surface area contributed by atoms with Gasteiger partial charge in [-0.1, -0.05) is 58.9 Å². The van der Waals surface area contributed by atoms with Crippen LogP contribution >= 0.6 is 91.8 Å². The van der Waals surface area contributed by atoms with Crippen LogP contribution in [-0.2, 0) is 46.5 Å². The highest BCUT2D eigenvalue weighted by Crippen LogP contribution is 2.33. The maximum atomic E-state index is 13.2. The van der Waals surface area contributed by atoms with Gasteiger partial charge in [0.2, 0.25) is 0 Å². The van der Waals surface area contributed by atoms with E-state index in [9.17, 15) is 72.0 Å². The molecular weight excluding hydrogens is 2120 g/mol. The molecule has 0 spiro atoms. The number of halogens is 4. The van der Waals surface area contributed by atoms with Gasteiger partial charge in [-0.2, -0.15) is 0 Å². The van der Waals surface area contributed by atoms with Gasteiger partial charge in [0.15, 0.2) is 0 Å². The highest BCUT2D eigenvalue weighted by Gasteiger charge is 2.28. The number of likely N-dealkylation sites (tertiary alicyclic amines) is 2. The van der Waals surface area contributed by atoms with Crippen LogP contribution in [0.2, 0.25) is 17.3 Å². The minimum Gasteiger partial charge on any atom is -0.384 e. The van der Waals surface area contributed by atoms with Crippen LogP contribution in [0.15, 0.2) is 279 Å². The molecule has 11 N–H and O–H groups in total. The molecule has 8 aromatic carbocycles. The molecule has 39 nitrogen and oxygen atoms in total. The summed E-state index contributed by atoms with van der Waals surface area (Å²) in [6, 6.07) is 53.1. The van der Waals surface area contributed by atoms with Crippen LogP contribution in [0.3, 0.4) is 0 Å². The van der Waals surface area contributed by atoms with E-state index in [1.54, 1.807) is 115 Å². The van der Waals surface area contributed by atoms with E-state index in [1.165, 1.54) is 124 Å². The number of aromatic nitrogens is 8. The molecule has 0 aliphatic carbocycles. The first kappa shape index (κ1) is 103. The van der Waals surface area contributed by atoms with Gasteiger partial charge in [-0.3, -0.25) is 42.4 Å². The molecular formula is C95H87Cl4N23O16S8. The van der Waals surface area contributed by atoms with Gasteiger partial charge in [0, 0.05) is 91.7 Å². The first-order chi connectivity index (χ1) is 70.1. The third kappa shape index (κ3) is 25.4. The smallest absolute Gasteiger partial charge is 0.333 e. The number of fused-ring (bicyclic) bond motifs is 5. The Hall–Kier alpha value is -14.1. The molecule has 0 unspecified atom stereocenters. The third-order valence-corrected chi connectivity index (χ3v) is 35.4. The summed E-state index contributed by atoms with van der Waals surface area (Å²) in [7, 11) is -14.2. The van der Waals surface area contributed by atoms with E-state index >= 15 is 0 Å². The molecule has 8 amide bonds. The zero-order valence-corrected chi connectivity index (χ0v) is 86.3. The number of anilines is 7. The summed E-state index contributed by atoms with van der Waals surface area (Å²) in [5, 5.41) is 21.9. The number of carbonyl (C=O) groups excluding carboxylic acids is 4. The highest BCUT2D eigenvalue weighted by atomic mass is 35.5. The Kier molecular flexibility index (Phi) is 32.1. The van der Waals surface area contributed by atoms with Crippen LogP contribution < -0.4 is 78.3 Å². The number of carbonyl (C=O) groups is 4. The predicted octanol–water partition coefficient (Wildman–Crippen LogP) is 15.5. The van der Waals surface area contributed by atoms with Gasteiger partial charge in [0.05, 0.1) is 90.3 Å². The molecule has 2 fully saturated rings. The van der Waals surface area contributed by atoms with Gasteiger partial charge in [0.25, 0.3) is 62.3 Å². The summed E-state index contributed by atoms with van der Waals surface area (Å²) in [5.74, 6) is 0.877. The van der Waals surface area contributed by atoms with Crippen molar-refractivity contribution in [2.75, 3.05) is 116 Å². The number of hydrogen-bond acceptors (Lipinski definition) is 31. The number of nitrogens with zero attached hydrogens (tertiary/aromatic N) is 12. The van der Waals surface area contributed by atoms with Gasteiger partial charge in [-0.15, -0.1) is 45.3 Å². The van der Waals surface area contributed by atoms with Crippen molar-refractivity contribution in [1.82, 2.24) is 71.8 Å². The van der Waals surface area contributed by atoms with Crippen molar-refractivity contribution >= 4 is 245 Å². The zero-order chi connectivity index (χ0) is 103. The van der Waals surface area contributed by atoms with Crippen LogP contribution in [0.25, 0.3) is 66.4 Å². The quantitative estimate of drug-likeness (QED) is 0.0253. The summed E-state index contributed by atoms with van der Waals surface area (Å²) in [6.07, 6.45) is 13.1. The molecule has 0 atom stereocenters. The first-order valence-electron chi connectivity index (χ1n) is 44.9. The Morgan fingerprint density at radius 3 is 0.986 bits per heavy atom. The van der Waals surface area contributed by atoms with E-state index in [1.807, 2.05) is 74.5 Å². The molecule has 0 radical (unpaired) electrons. The molecule has 12 heterocycles. The summed E-state index contributed by atoms with van der Waals surface area (Å²) in [4.78, 5) is 130. The van der Waals surface area contributed by atoms with Crippen LogP contribution in [0.5, 0.6) is 0 Å². The predicted molar refractivity (Wildman–Crippen MR) is 573 cm³/mol. The van der Waals surface area contributed by atoms with E-state index in [2.05, 4.69) is 76.8 Å². The maximum Gasteiger partial charge on any atom is 0.333 e. The fourth-order valence-corrected chi connectivity index (χ4v) is 25.6. The molecule has 0 bridgehead atoms. The number of thiophene rings is 4. The Labute approximate surface area is 869 Å². The molecule has 754 valence electrons. The van der Waals surface area contributed by atoms with Crippen molar-refractivity contribution in [3.05, 3.63) is 308 Å². The van der Waals surface area contributed by atoms with E-state index in [0.29, 0.717) is 106 Å². The van der Waals surface area contributed by atoms with E-state index in [-0.39, 0.29) is 39.1 Å². The molecule has 146 heavy (non-hydrogen) atoms. The number of aliphatic imine (C=N–C) groups is 1. The van der Waals surface area contributed by atoms with Crippen molar-refractivity contribution < 1.29 is 52.8 Å². The summed E-state index contributed by atoms with van der Waals surface area (Å²) in [6.45, 7) is 10.7. The molecule has 8 aromatic heterocycles. The molecule has 4 aliphatic heterocycles. The Morgan fingerprint density at radius 2 is 0.664 bits per heavy atom. The molecule has 2 saturated heterocycles. The lowest BCUT2D eigenvalue weighted by atomic mass is 10.1. The number of benzene rings is 8. The normalized spacial score (nSPS) is 13.7. The Balaban J connectivity index is 0.000000133. The van der Waals surface area contributed by atoms with Gasteiger partial charge in [-0.05, 0) is 270 Å². The van der Waals surface area contributed by atoms with Crippen LogP contribution in [-0.4, -0.2) is 196 Å². The van der Waals surface area contributed by atoms with Crippen molar-refractivity contribution in [2.24, 2.45) is 4.99 Å².